The number of hydrogen-bond donors (Lipinski definition) is 0. The SMILES string of the molecule is COCOCC1=C2CCC([C@H](C)COCOC)[C@@]2(C)CCC1. The van der Waals surface area contributed by atoms with Crippen molar-refractivity contribution in [1.29, 1.82) is 0 Å². The molecule has 0 saturated heterocycles. The highest BCUT2D eigenvalue weighted by Gasteiger charge is 2.47. The molecule has 1 fully saturated rings. The van der Waals surface area contributed by atoms with Crippen LogP contribution in [0.2, 0.25) is 0 Å². The van der Waals surface area contributed by atoms with Crippen molar-refractivity contribution in [3.05, 3.63) is 11.1 Å². The largest absolute Gasteiger partial charge is 0.359 e. The molecule has 22 heavy (non-hydrogen) atoms. The minimum Gasteiger partial charge on any atom is -0.359 e. The molecule has 0 spiro atoms. The Labute approximate surface area is 135 Å². The van der Waals surface area contributed by atoms with Crippen molar-refractivity contribution in [1.82, 2.24) is 0 Å². The van der Waals surface area contributed by atoms with E-state index in [1.807, 2.05) is 0 Å². The van der Waals surface area contributed by atoms with Crippen molar-refractivity contribution in [2.24, 2.45) is 17.3 Å². The van der Waals surface area contributed by atoms with Gasteiger partial charge in [-0.3, -0.25) is 0 Å². The van der Waals surface area contributed by atoms with Crippen LogP contribution in [0.5, 0.6) is 0 Å². The first-order chi connectivity index (χ1) is 10.6. The summed E-state index contributed by atoms with van der Waals surface area (Å²) in [6.45, 7) is 7.09. The van der Waals surface area contributed by atoms with Gasteiger partial charge in [0.25, 0.3) is 0 Å². The number of ether oxygens (including phenoxy) is 4. The maximum atomic E-state index is 5.63. The number of allylic oxidation sites excluding steroid dienone is 1. The second kappa shape index (κ2) is 8.44. The topological polar surface area (TPSA) is 36.9 Å². The third kappa shape index (κ3) is 3.91. The van der Waals surface area contributed by atoms with E-state index in [1.54, 1.807) is 19.8 Å². The van der Waals surface area contributed by atoms with E-state index in [-0.39, 0.29) is 0 Å². The molecule has 0 heterocycles. The van der Waals surface area contributed by atoms with Crippen molar-refractivity contribution in [3.8, 4) is 0 Å². The average molecular weight is 312 g/mol. The van der Waals surface area contributed by atoms with Crippen LogP contribution in [-0.2, 0) is 18.9 Å². The van der Waals surface area contributed by atoms with Crippen LogP contribution in [0, 0.1) is 17.3 Å². The molecule has 0 aromatic heterocycles. The fraction of sp³-hybridized carbons (Fsp3) is 0.889. The zero-order valence-electron chi connectivity index (χ0n) is 14.7. The molecule has 4 heteroatoms. The van der Waals surface area contributed by atoms with Crippen LogP contribution in [-0.4, -0.2) is 41.0 Å². The van der Waals surface area contributed by atoms with Gasteiger partial charge in [0.15, 0.2) is 0 Å². The molecule has 1 saturated carbocycles. The van der Waals surface area contributed by atoms with Gasteiger partial charge < -0.3 is 18.9 Å². The van der Waals surface area contributed by atoms with E-state index < -0.39 is 0 Å². The molecule has 0 aromatic rings. The Bertz CT molecular complexity index is 379. The van der Waals surface area contributed by atoms with Crippen molar-refractivity contribution in [3.63, 3.8) is 0 Å². The summed E-state index contributed by atoms with van der Waals surface area (Å²) in [5.74, 6) is 1.27. The predicted molar refractivity (Wildman–Crippen MR) is 86.5 cm³/mol. The molecule has 0 radical (unpaired) electrons. The highest BCUT2D eigenvalue weighted by molar-refractivity contribution is 5.30. The Kier molecular flexibility index (Phi) is 6.87. The van der Waals surface area contributed by atoms with Gasteiger partial charge in [0, 0.05) is 14.2 Å². The summed E-state index contributed by atoms with van der Waals surface area (Å²) in [7, 11) is 3.35. The first kappa shape index (κ1) is 17.9. The smallest absolute Gasteiger partial charge is 0.146 e. The highest BCUT2D eigenvalue weighted by atomic mass is 16.7. The van der Waals surface area contributed by atoms with Crippen LogP contribution in [0.1, 0.15) is 46.0 Å². The Morgan fingerprint density at radius 1 is 1.14 bits per heavy atom. The van der Waals surface area contributed by atoms with Crippen LogP contribution in [0.3, 0.4) is 0 Å². The Morgan fingerprint density at radius 3 is 2.59 bits per heavy atom. The van der Waals surface area contributed by atoms with Crippen LogP contribution in [0.25, 0.3) is 0 Å². The maximum absolute atomic E-state index is 5.63. The summed E-state index contributed by atoms with van der Waals surface area (Å²) < 4.78 is 21.2. The second-order valence-electron chi connectivity index (χ2n) is 7.01. The van der Waals surface area contributed by atoms with Gasteiger partial charge in [-0.25, -0.2) is 0 Å². The number of hydrogen-bond acceptors (Lipinski definition) is 4. The third-order valence-electron chi connectivity index (χ3n) is 5.56. The summed E-state index contributed by atoms with van der Waals surface area (Å²) in [5.41, 5.74) is 3.52. The molecule has 2 aliphatic rings. The Balaban J connectivity index is 2.03. The molecule has 2 aliphatic carbocycles. The molecular formula is C18H32O4. The lowest BCUT2D eigenvalue weighted by Crippen LogP contribution is -2.33. The maximum Gasteiger partial charge on any atom is 0.146 e. The highest BCUT2D eigenvalue weighted by Crippen LogP contribution is 2.57. The number of methoxy groups -OCH3 is 2. The van der Waals surface area contributed by atoms with Crippen LogP contribution in [0.4, 0.5) is 0 Å². The van der Waals surface area contributed by atoms with E-state index in [9.17, 15) is 0 Å². The van der Waals surface area contributed by atoms with Crippen molar-refractivity contribution in [2.45, 2.75) is 46.0 Å². The molecule has 0 amide bonds. The molecule has 0 aliphatic heterocycles. The van der Waals surface area contributed by atoms with E-state index in [0.717, 1.165) is 13.2 Å². The van der Waals surface area contributed by atoms with Gasteiger partial charge >= 0.3 is 0 Å². The van der Waals surface area contributed by atoms with Crippen molar-refractivity contribution < 1.29 is 18.9 Å². The van der Waals surface area contributed by atoms with Crippen LogP contribution < -0.4 is 0 Å². The molecule has 128 valence electrons. The zero-order valence-corrected chi connectivity index (χ0v) is 14.7. The Hall–Kier alpha value is -0.420. The number of fused-ring (bicyclic) bond motifs is 1. The first-order valence-corrected chi connectivity index (χ1v) is 8.48. The normalized spacial score (nSPS) is 29.7. The summed E-state index contributed by atoms with van der Waals surface area (Å²) in [4.78, 5) is 0. The molecule has 1 unspecified atom stereocenters. The fourth-order valence-corrected chi connectivity index (χ4v) is 4.62. The minimum absolute atomic E-state index is 0.333. The van der Waals surface area contributed by atoms with Gasteiger partial charge in [0.05, 0.1) is 13.2 Å². The lowest BCUT2D eigenvalue weighted by Gasteiger charge is -2.40. The second-order valence-corrected chi connectivity index (χ2v) is 7.01. The fourth-order valence-electron chi connectivity index (χ4n) is 4.62. The van der Waals surface area contributed by atoms with Crippen molar-refractivity contribution in [2.75, 3.05) is 41.0 Å². The summed E-state index contributed by atoms with van der Waals surface area (Å²) in [6.07, 6.45) is 6.26. The zero-order chi connectivity index (χ0) is 16.0. The summed E-state index contributed by atoms with van der Waals surface area (Å²) in [5, 5.41) is 0. The summed E-state index contributed by atoms with van der Waals surface area (Å²) in [6, 6.07) is 0. The number of rotatable bonds is 9. The van der Waals surface area contributed by atoms with Gasteiger partial charge in [-0.2, -0.15) is 0 Å². The minimum atomic E-state index is 0.333. The van der Waals surface area contributed by atoms with Gasteiger partial charge in [-0.05, 0) is 54.9 Å². The lowest BCUT2D eigenvalue weighted by atomic mass is 9.65. The van der Waals surface area contributed by atoms with Crippen molar-refractivity contribution >= 4 is 0 Å². The van der Waals surface area contributed by atoms with Gasteiger partial charge in [-0.1, -0.05) is 19.4 Å². The van der Waals surface area contributed by atoms with E-state index in [4.69, 9.17) is 18.9 Å². The van der Waals surface area contributed by atoms with Gasteiger partial charge in [-0.15, -0.1) is 0 Å². The van der Waals surface area contributed by atoms with E-state index in [0.29, 0.717) is 30.8 Å². The average Bonchev–Trinajstić information content (AvgIpc) is 2.85. The van der Waals surface area contributed by atoms with E-state index in [1.165, 1.54) is 37.7 Å². The van der Waals surface area contributed by atoms with Gasteiger partial charge in [0.1, 0.15) is 13.6 Å². The molecule has 0 N–H and O–H groups in total. The predicted octanol–water partition coefficient (Wildman–Crippen LogP) is 3.76. The standard InChI is InChI=1S/C18H32O4/c1-14(10-21-12-19-3)16-7-8-17-15(11-22-13-20-4)6-5-9-18(16,17)2/h14,16H,5-13H2,1-4H3/t14-,16?,18-/m1/s1. The Morgan fingerprint density at radius 2 is 1.86 bits per heavy atom. The molecule has 4 nitrogen and oxygen atoms in total. The molecule has 0 aromatic carbocycles. The lowest BCUT2D eigenvalue weighted by molar-refractivity contribution is -0.0536. The summed E-state index contributed by atoms with van der Waals surface area (Å²) >= 11 is 0. The molecule has 0 bridgehead atoms. The van der Waals surface area contributed by atoms with Crippen LogP contribution >= 0.6 is 0 Å². The first-order valence-electron chi connectivity index (χ1n) is 8.48. The quantitative estimate of drug-likeness (QED) is 0.369. The van der Waals surface area contributed by atoms with Gasteiger partial charge in [0.2, 0.25) is 0 Å². The van der Waals surface area contributed by atoms with E-state index >= 15 is 0 Å². The third-order valence-corrected chi connectivity index (χ3v) is 5.56. The monoisotopic (exact) mass is 312 g/mol. The van der Waals surface area contributed by atoms with Crippen LogP contribution in [0.15, 0.2) is 11.1 Å². The molecule has 3 atom stereocenters. The molecule has 2 rings (SSSR count). The molecular weight excluding hydrogens is 280 g/mol. The van der Waals surface area contributed by atoms with E-state index in [2.05, 4.69) is 13.8 Å².